The first kappa shape index (κ1) is 22.2. The number of imidazole rings is 1. The minimum Gasteiger partial charge on any atom is -0.435 e. The number of hydrogen-bond acceptors (Lipinski definition) is 4. The van der Waals surface area contributed by atoms with Gasteiger partial charge in [-0.3, -0.25) is 0 Å². The first-order chi connectivity index (χ1) is 15.1. The lowest BCUT2D eigenvalue weighted by Gasteiger charge is -2.12. The molecule has 0 atom stereocenters. The van der Waals surface area contributed by atoms with Crippen LogP contribution in [0, 0.1) is 6.92 Å². The lowest BCUT2D eigenvalue weighted by atomic mass is 10.1. The number of fused-ring (bicyclic) bond motifs is 1. The Balaban J connectivity index is 1.79. The van der Waals surface area contributed by atoms with Crippen LogP contribution in [0.25, 0.3) is 16.8 Å². The Morgan fingerprint density at radius 3 is 2.50 bits per heavy atom. The number of alkyl halides is 2. The van der Waals surface area contributed by atoms with Crippen molar-refractivity contribution in [2.75, 3.05) is 0 Å². The molecule has 2 aromatic heterocycles. The van der Waals surface area contributed by atoms with E-state index in [1.165, 1.54) is 18.2 Å². The molecule has 4 aromatic rings. The summed E-state index contributed by atoms with van der Waals surface area (Å²) in [4.78, 5) is 4.53. The Bertz CT molecular complexity index is 1400. The van der Waals surface area contributed by atoms with Crippen LogP contribution in [0.1, 0.15) is 17.0 Å². The molecular weight excluding hydrogens is 460 g/mol. The van der Waals surface area contributed by atoms with Crippen LogP contribution in [-0.4, -0.2) is 24.4 Å². The second kappa shape index (κ2) is 8.50. The highest BCUT2D eigenvalue weighted by atomic mass is 35.5. The summed E-state index contributed by atoms with van der Waals surface area (Å²) >= 11 is 6.47. The number of rotatable bonds is 6. The topological polar surface area (TPSA) is 86.7 Å². The fraction of sp³-hybridized carbons (Fsp3) is 0.136. The van der Waals surface area contributed by atoms with E-state index in [0.29, 0.717) is 33.8 Å². The molecule has 0 unspecified atom stereocenters. The van der Waals surface area contributed by atoms with Gasteiger partial charge in [-0.1, -0.05) is 41.9 Å². The zero-order valence-electron chi connectivity index (χ0n) is 16.8. The Hall–Kier alpha value is -3.01. The van der Waals surface area contributed by atoms with E-state index in [9.17, 15) is 17.2 Å². The largest absolute Gasteiger partial charge is 0.435 e. The van der Waals surface area contributed by atoms with E-state index < -0.39 is 16.6 Å². The standard InChI is InChI=1S/C22H18ClF2N3O3S/c1-13-19(10-15-4-2-3-5-20(15)31-22(24)25)28-12-17(18(23)11-21(28)27-13)14-6-8-16(9-7-14)32(26,29)30/h2-9,11-12,22H,10H2,1H3,(H2,26,29,30). The summed E-state index contributed by atoms with van der Waals surface area (Å²) in [6.07, 6.45) is 2.09. The molecule has 10 heteroatoms. The van der Waals surface area contributed by atoms with Crippen molar-refractivity contribution in [2.24, 2.45) is 5.14 Å². The number of aromatic nitrogens is 2. The molecule has 2 N–H and O–H groups in total. The number of benzene rings is 2. The van der Waals surface area contributed by atoms with Gasteiger partial charge in [0.05, 0.1) is 15.6 Å². The van der Waals surface area contributed by atoms with Gasteiger partial charge in [0.15, 0.2) is 0 Å². The van der Waals surface area contributed by atoms with Crippen LogP contribution < -0.4 is 9.88 Å². The molecule has 2 aromatic carbocycles. The minimum atomic E-state index is -3.81. The SMILES string of the molecule is Cc1nc2cc(Cl)c(-c3ccc(S(N)(=O)=O)cc3)cn2c1Cc1ccccc1OC(F)F. The van der Waals surface area contributed by atoms with Crippen LogP contribution in [0.5, 0.6) is 5.75 Å². The highest BCUT2D eigenvalue weighted by molar-refractivity contribution is 7.89. The summed E-state index contributed by atoms with van der Waals surface area (Å²) in [5, 5.41) is 5.59. The predicted octanol–water partition coefficient (Wildman–Crippen LogP) is 4.80. The molecule has 0 saturated carbocycles. The molecule has 0 aliphatic rings. The molecule has 4 rings (SSSR count). The van der Waals surface area contributed by atoms with Crippen molar-refractivity contribution in [1.29, 1.82) is 0 Å². The maximum atomic E-state index is 12.8. The van der Waals surface area contributed by atoms with Gasteiger partial charge in [-0.05, 0) is 30.7 Å². The number of nitrogens with two attached hydrogens (primary N) is 1. The number of primary sulfonamides is 1. The molecule has 0 fully saturated rings. The molecule has 0 amide bonds. The van der Waals surface area contributed by atoms with Gasteiger partial charge in [-0.25, -0.2) is 18.5 Å². The van der Waals surface area contributed by atoms with E-state index in [0.717, 1.165) is 11.4 Å². The third-order valence-corrected chi connectivity index (χ3v) is 6.29. The van der Waals surface area contributed by atoms with Gasteiger partial charge in [0, 0.05) is 35.5 Å². The minimum absolute atomic E-state index is 0.00625. The second-order valence-electron chi connectivity index (χ2n) is 7.14. The number of nitrogens with zero attached hydrogens (tertiary/aromatic N) is 2. The van der Waals surface area contributed by atoms with Crippen molar-refractivity contribution < 1.29 is 21.9 Å². The first-order valence-electron chi connectivity index (χ1n) is 9.46. The third kappa shape index (κ3) is 4.45. The van der Waals surface area contributed by atoms with Crippen molar-refractivity contribution in [1.82, 2.24) is 9.38 Å². The molecule has 0 saturated heterocycles. The lowest BCUT2D eigenvalue weighted by molar-refractivity contribution is -0.0503. The number of aryl methyl sites for hydroxylation is 1. The van der Waals surface area contributed by atoms with Crippen LogP contribution in [0.4, 0.5) is 8.78 Å². The highest BCUT2D eigenvalue weighted by Crippen LogP contribution is 2.32. The molecule has 0 bridgehead atoms. The molecule has 0 aliphatic carbocycles. The first-order valence-corrected chi connectivity index (χ1v) is 11.4. The molecule has 166 valence electrons. The molecule has 2 heterocycles. The van der Waals surface area contributed by atoms with Gasteiger partial charge in [-0.2, -0.15) is 8.78 Å². The monoisotopic (exact) mass is 477 g/mol. The van der Waals surface area contributed by atoms with E-state index in [2.05, 4.69) is 9.72 Å². The Labute approximate surface area is 188 Å². The fourth-order valence-electron chi connectivity index (χ4n) is 3.52. The molecule has 32 heavy (non-hydrogen) atoms. The number of ether oxygens (including phenoxy) is 1. The normalized spacial score (nSPS) is 11.9. The van der Waals surface area contributed by atoms with Gasteiger partial charge in [0.25, 0.3) is 0 Å². The van der Waals surface area contributed by atoms with Gasteiger partial charge in [-0.15, -0.1) is 0 Å². The van der Waals surface area contributed by atoms with Gasteiger partial charge < -0.3 is 9.14 Å². The molecule has 6 nitrogen and oxygen atoms in total. The van der Waals surface area contributed by atoms with Crippen LogP contribution in [0.3, 0.4) is 0 Å². The average Bonchev–Trinajstić information content (AvgIpc) is 3.02. The summed E-state index contributed by atoms with van der Waals surface area (Å²) in [5.41, 5.74) is 4.02. The maximum Gasteiger partial charge on any atom is 0.387 e. The molecule has 0 aliphatic heterocycles. The van der Waals surface area contributed by atoms with Gasteiger partial charge in [0.1, 0.15) is 11.4 Å². The van der Waals surface area contributed by atoms with E-state index in [4.69, 9.17) is 16.7 Å². The van der Waals surface area contributed by atoms with Crippen LogP contribution in [0.2, 0.25) is 5.02 Å². The number of para-hydroxylation sites is 1. The molecular formula is C22H18ClF2N3O3S. The zero-order valence-corrected chi connectivity index (χ0v) is 18.4. The summed E-state index contributed by atoms with van der Waals surface area (Å²) in [7, 11) is -3.81. The van der Waals surface area contributed by atoms with E-state index >= 15 is 0 Å². The predicted molar refractivity (Wildman–Crippen MR) is 118 cm³/mol. The molecule has 0 spiro atoms. The van der Waals surface area contributed by atoms with Gasteiger partial charge >= 0.3 is 6.61 Å². The quantitative estimate of drug-likeness (QED) is 0.432. The van der Waals surface area contributed by atoms with E-state index in [1.54, 1.807) is 42.6 Å². The Morgan fingerprint density at radius 1 is 1.16 bits per heavy atom. The summed E-state index contributed by atoms with van der Waals surface area (Å²) in [5.74, 6) is 0.101. The van der Waals surface area contributed by atoms with Crippen molar-refractivity contribution in [3.63, 3.8) is 0 Å². The Morgan fingerprint density at radius 2 is 1.84 bits per heavy atom. The smallest absolute Gasteiger partial charge is 0.387 e. The maximum absolute atomic E-state index is 12.8. The number of pyridine rings is 1. The summed E-state index contributed by atoms with van der Waals surface area (Å²) < 4.78 is 55.1. The van der Waals surface area contributed by atoms with Crippen molar-refractivity contribution in [2.45, 2.75) is 24.9 Å². The van der Waals surface area contributed by atoms with Crippen LogP contribution in [0.15, 0.2) is 65.7 Å². The summed E-state index contributed by atoms with van der Waals surface area (Å²) in [6.45, 7) is -1.10. The highest BCUT2D eigenvalue weighted by Gasteiger charge is 2.17. The third-order valence-electron chi connectivity index (χ3n) is 5.05. The van der Waals surface area contributed by atoms with Crippen LogP contribution in [-0.2, 0) is 16.4 Å². The van der Waals surface area contributed by atoms with E-state index in [1.807, 2.05) is 11.3 Å². The van der Waals surface area contributed by atoms with Crippen molar-refractivity contribution in [3.8, 4) is 16.9 Å². The summed E-state index contributed by atoms with van der Waals surface area (Å²) in [6, 6.07) is 14.3. The van der Waals surface area contributed by atoms with Crippen LogP contribution >= 0.6 is 11.6 Å². The number of hydrogen-bond donors (Lipinski definition) is 1. The zero-order chi connectivity index (χ0) is 23.0. The lowest BCUT2D eigenvalue weighted by Crippen LogP contribution is -2.11. The van der Waals surface area contributed by atoms with Crippen molar-refractivity contribution in [3.05, 3.63) is 82.8 Å². The Kier molecular flexibility index (Phi) is 5.89. The number of halogens is 3. The van der Waals surface area contributed by atoms with Gasteiger partial charge in [0.2, 0.25) is 10.0 Å². The average molecular weight is 478 g/mol. The molecule has 0 radical (unpaired) electrons. The van der Waals surface area contributed by atoms with E-state index in [-0.39, 0.29) is 10.6 Å². The number of sulfonamides is 1. The van der Waals surface area contributed by atoms with Crippen molar-refractivity contribution >= 4 is 27.3 Å². The second-order valence-corrected chi connectivity index (χ2v) is 9.11. The fourth-order valence-corrected chi connectivity index (χ4v) is 4.29.